The van der Waals surface area contributed by atoms with Crippen molar-refractivity contribution in [2.24, 2.45) is 5.73 Å². The minimum atomic E-state index is 0.203. The van der Waals surface area contributed by atoms with Crippen molar-refractivity contribution >= 4 is 5.82 Å². The van der Waals surface area contributed by atoms with Gasteiger partial charge in [-0.05, 0) is 44.7 Å². The van der Waals surface area contributed by atoms with Gasteiger partial charge in [-0.2, -0.15) is 0 Å². The fourth-order valence-electron chi connectivity index (χ4n) is 2.69. The van der Waals surface area contributed by atoms with Crippen LogP contribution in [0, 0.1) is 0 Å². The molecular weight excluding hydrogens is 222 g/mol. The van der Waals surface area contributed by atoms with Gasteiger partial charge in [0.25, 0.3) is 0 Å². The van der Waals surface area contributed by atoms with Crippen LogP contribution in [-0.2, 0) is 6.42 Å². The smallest absolute Gasteiger partial charge is 0.128 e. The summed E-state index contributed by atoms with van der Waals surface area (Å²) in [5.74, 6) is 1.12. The van der Waals surface area contributed by atoms with Crippen LogP contribution in [0.5, 0.6) is 0 Å². The van der Waals surface area contributed by atoms with Gasteiger partial charge in [0, 0.05) is 24.8 Å². The summed E-state index contributed by atoms with van der Waals surface area (Å²) in [5, 5.41) is 0. The number of rotatable bonds is 3. The third-order valence-corrected chi connectivity index (χ3v) is 3.71. The summed E-state index contributed by atoms with van der Waals surface area (Å²) in [6.07, 6.45) is 8.15. The Morgan fingerprint density at radius 2 is 2.22 bits per heavy atom. The van der Waals surface area contributed by atoms with E-state index in [2.05, 4.69) is 28.9 Å². The molecule has 0 aliphatic carbocycles. The molecule has 2 rings (SSSR count). The molecule has 1 aromatic rings. The molecule has 0 saturated carbocycles. The number of hydrogen-bond donors (Lipinski definition) is 1. The zero-order chi connectivity index (χ0) is 13.0. The van der Waals surface area contributed by atoms with Gasteiger partial charge in [0.2, 0.25) is 0 Å². The lowest BCUT2D eigenvalue weighted by molar-refractivity contribution is 0.611. The maximum atomic E-state index is 5.81. The minimum Gasteiger partial charge on any atom is -0.354 e. The van der Waals surface area contributed by atoms with Gasteiger partial charge >= 0.3 is 0 Å². The van der Waals surface area contributed by atoms with Crippen molar-refractivity contribution in [1.82, 2.24) is 4.98 Å². The Morgan fingerprint density at radius 1 is 1.39 bits per heavy atom. The number of anilines is 1. The molecule has 2 N–H and O–H groups in total. The predicted molar refractivity (Wildman–Crippen MR) is 76.9 cm³/mol. The van der Waals surface area contributed by atoms with E-state index in [-0.39, 0.29) is 6.04 Å². The average molecular weight is 247 g/mol. The van der Waals surface area contributed by atoms with Gasteiger partial charge in [-0.15, -0.1) is 0 Å². The summed E-state index contributed by atoms with van der Waals surface area (Å²) in [5.41, 5.74) is 7.04. The van der Waals surface area contributed by atoms with Crippen LogP contribution in [0.1, 0.15) is 45.1 Å². The summed E-state index contributed by atoms with van der Waals surface area (Å²) in [4.78, 5) is 7.06. The number of pyridine rings is 1. The summed E-state index contributed by atoms with van der Waals surface area (Å²) < 4.78 is 0. The van der Waals surface area contributed by atoms with E-state index in [1.807, 2.05) is 13.1 Å². The molecule has 0 bridgehead atoms. The van der Waals surface area contributed by atoms with Gasteiger partial charge in [-0.1, -0.05) is 18.9 Å². The van der Waals surface area contributed by atoms with Crippen LogP contribution < -0.4 is 10.6 Å². The Kier molecular flexibility index (Phi) is 4.59. The van der Waals surface area contributed by atoms with Crippen molar-refractivity contribution in [3.63, 3.8) is 0 Å². The molecule has 0 radical (unpaired) electrons. The first-order valence-electron chi connectivity index (χ1n) is 7.14. The molecule has 3 nitrogen and oxygen atoms in total. The van der Waals surface area contributed by atoms with Crippen molar-refractivity contribution in [2.75, 3.05) is 11.4 Å². The minimum absolute atomic E-state index is 0.203. The van der Waals surface area contributed by atoms with Crippen molar-refractivity contribution in [3.8, 4) is 0 Å². The molecule has 2 unspecified atom stereocenters. The Hall–Kier alpha value is -1.09. The number of aromatic nitrogens is 1. The summed E-state index contributed by atoms with van der Waals surface area (Å²) in [6.45, 7) is 5.48. The molecule has 1 fully saturated rings. The number of nitrogens with two attached hydrogens (primary N) is 1. The lowest BCUT2D eigenvalue weighted by Crippen LogP contribution is -2.33. The largest absolute Gasteiger partial charge is 0.354 e. The zero-order valence-corrected chi connectivity index (χ0v) is 11.6. The first-order valence-corrected chi connectivity index (χ1v) is 7.14. The van der Waals surface area contributed by atoms with Crippen LogP contribution >= 0.6 is 0 Å². The SMILES string of the molecule is CC(N)Cc1ccc(N2CCCCCC2C)nc1. The summed E-state index contributed by atoms with van der Waals surface area (Å²) >= 11 is 0. The van der Waals surface area contributed by atoms with Crippen LogP contribution in [0.15, 0.2) is 18.3 Å². The topological polar surface area (TPSA) is 42.1 Å². The molecular formula is C15H25N3. The second-order valence-electron chi connectivity index (χ2n) is 5.60. The average Bonchev–Trinajstić information content (AvgIpc) is 2.54. The molecule has 0 aromatic carbocycles. The fourth-order valence-corrected chi connectivity index (χ4v) is 2.69. The lowest BCUT2D eigenvalue weighted by Gasteiger charge is -2.28. The van der Waals surface area contributed by atoms with E-state index in [1.54, 1.807) is 0 Å². The molecule has 0 spiro atoms. The molecule has 1 aliphatic heterocycles. The fraction of sp³-hybridized carbons (Fsp3) is 0.667. The van der Waals surface area contributed by atoms with E-state index in [0.29, 0.717) is 6.04 Å². The Balaban J connectivity index is 2.07. The van der Waals surface area contributed by atoms with E-state index >= 15 is 0 Å². The molecule has 18 heavy (non-hydrogen) atoms. The molecule has 3 heteroatoms. The van der Waals surface area contributed by atoms with E-state index in [4.69, 9.17) is 5.73 Å². The third-order valence-electron chi connectivity index (χ3n) is 3.71. The maximum Gasteiger partial charge on any atom is 0.128 e. The van der Waals surface area contributed by atoms with Gasteiger partial charge in [0.1, 0.15) is 5.82 Å². The van der Waals surface area contributed by atoms with Crippen LogP contribution in [0.3, 0.4) is 0 Å². The zero-order valence-electron chi connectivity index (χ0n) is 11.6. The molecule has 2 heterocycles. The highest BCUT2D eigenvalue weighted by atomic mass is 15.2. The first-order chi connectivity index (χ1) is 8.66. The number of hydrogen-bond acceptors (Lipinski definition) is 3. The van der Waals surface area contributed by atoms with E-state index in [1.165, 1.54) is 31.2 Å². The lowest BCUT2D eigenvalue weighted by atomic mass is 10.1. The second kappa shape index (κ2) is 6.19. The van der Waals surface area contributed by atoms with E-state index < -0.39 is 0 Å². The highest BCUT2D eigenvalue weighted by molar-refractivity contribution is 5.40. The summed E-state index contributed by atoms with van der Waals surface area (Å²) in [7, 11) is 0. The number of nitrogens with zero attached hydrogens (tertiary/aromatic N) is 2. The molecule has 1 aliphatic rings. The van der Waals surface area contributed by atoms with E-state index in [0.717, 1.165) is 18.8 Å². The maximum absolute atomic E-state index is 5.81. The summed E-state index contributed by atoms with van der Waals surface area (Å²) in [6, 6.07) is 5.14. The van der Waals surface area contributed by atoms with Crippen molar-refractivity contribution < 1.29 is 0 Å². The highest BCUT2D eigenvalue weighted by Gasteiger charge is 2.17. The highest BCUT2D eigenvalue weighted by Crippen LogP contribution is 2.22. The Bertz CT molecular complexity index is 359. The third kappa shape index (κ3) is 3.45. The monoisotopic (exact) mass is 247 g/mol. The Morgan fingerprint density at radius 3 is 2.89 bits per heavy atom. The second-order valence-corrected chi connectivity index (χ2v) is 5.60. The molecule has 2 atom stereocenters. The molecule has 0 amide bonds. The first kappa shape index (κ1) is 13.3. The van der Waals surface area contributed by atoms with Gasteiger partial charge < -0.3 is 10.6 Å². The van der Waals surface area contributed by atoms with Crippen LogP contribution in [0.2, 0.25) is 0 Å². The Labute approximate surface area is 110 Å². The van der Waals surface area contributed by atoms with Crippen molar-refractivity contribution in [3.05, 3.63) is 23.9 Å². The van der Waals surface area contributed by atoms with Gasteiger partial charge in [0.15, 0.2) is 0 Å². The van der Waals surface area contributed by atoms with Gasteiger partial charge in [0.05, 0.1) is 0 Å². The predicted octanol–water partition coefficient (Wildman–Crippen LogP) is 2.74. The van der Waals surface area contributed by atoms with E-state index in [9.17, 15) is 0 Å². The van der Waals surface area contributed by atoms with Crippen LogP contribution in [0.25, 0.3) is 0 Å². The standard InChI is InChI=1S/C15H25N3/c1-12(16)10-14-7-8-15(17-11-14)18-9-5-3-4-6-13(18)2/h7-8,11-13H,3-6,9-10,16H2,1-2H3. The molecule has 100 valence electrons. The normalized spacial score (nSPS) is 22.6. The van der Waals surface area contributed by atoms with Crippen molar-refractivity contribution in [1.29, 1.82) is 0 Å². The molecule has 1 aromatic heterocycles. The van der Waals surface area contributed by atoms with Crippen LogP contribution in [0.4, 0.5) is 5.82 Å². The van der Waals surface area contributed by atoms with Crippen molar-refractivity contribution in [2.45, 2.75) is 58.0 Å². The quantitative estimate of drug-likeness (QED) is 0.893. The van der Waals surface area contributed by atoms with Crippen LogP contribution in [-0.4, -0.2) is 23.6 Å². The van der Waals surface area contributed by atoms with Gasteiger partial charge in [-0.3, -0.25) is 0 Å². The van der Waals surface area contributed by atoms with Gasteiger partial charge in [-0.25, -0.2) is 4.98 Å². The molecule has 1 saturated heterocycles.